The lowest BCUT2D eigenvalue weighted by molar-refractivity contribution is -0.147. The lowest BCUT2D eigenvalue weighted by Crippen LogP contribution is -2.63. The summed E-state index contributed by atoms with van der Waals surface area (Å²) in [4.78, 5) is 217. The van der Waals surface area contributed by atoms with Gasteiger partial charge in [0.1, 0.15) is 60.4 Å². The number of nitrogens with one attached hydrogen (secondary N) is 11. The topological polar surface area (TPSA) is 704 Å². The van der Waals surface area contributed by atoms with Gasteiger partial charge in [-0.15, -0.1) is 0 Å². The van der Waals surface area contributed by atoms with Gasteiger partial charge in [0, 0.05) is 50.7 Å². The van der Waals surface area contributed by atoms with Crippen molar-refractivity contribution in [2.45, 2.75) is 210 Å². The number of nitrogens with zero attached hydrogens (tertiary/aromatic N) is 5. The summed E-state index contributed by atoms with van der Waals surface area (Å²) in [7, 11) is 1.91. The van der Waals surface area contributed by atoms with E-state index >= 15 is 9.59 Å². The Morgan fingerprint density at radius 2 is 1.02 bits per heavy atom. The molecule has 1 aromatic rings. The van der Waals surface area contributed by atoms with Crippen molar-refractivity contribution in [3.63, 3.8) is 0 Å². The van der Waals surface area contributed by atoms with Crippen LogP contribution in [0.4, 0.5) is 0 Å². The fraction of sp³-hybridized carbons (Fsp3) is 0.647. The van der Waals surface area contributed by atoms with E-state index in [1.165, 1.54) is 4.90 Å². The molecule has 0 aromatic heterocycles. The molecule has 618 valence electrons. The second kappa shape index (κ2) is 48.2. The van der Waals surface area contributed by atoms with Crippen LogP contribution >= 0.6 is 21.6 Å². The molecule has 2 aliphatic heterocycles. The number of carboxylic acid groups (broad SMARTS) is 1. The molecular weight excluding hydrogens is 1490 g/mol. The Morgan fingerprint density at radius 3 is 1.56 bits per heavy atom. The van der Waals surface area contributed by atoms with Crippen molar-refractivity contribution in [1.82, 2.24) is 63.4 Å². The number of hydrogen-bond donors (Lipinski definition) is 22. The third-order valence-corrected chi connectivity index (χ3v) is 21.3. The van der Waals surface area contributed by atoms with Crippen molar-refractivity contribution < 1.29 is 72.2 Å². The van der Waals surface area contributed by atoms with Crippen molar-refractivity contribution in [2.75, 3.05) is 50.8 Å². The van der Waals surface area contributed by atoms with Crippen LogP contribution < -0.4 is 116 Å². The van der Waals surface area contributed by atoms with E-state index in [9.17, 15) is 62.6 Å². The molecule has 13 amide bonds. The Morgan fingerprint density at radius 1 is 0.541 bits per heavy atom. The highest BCUT2D eigenvalue weighted by molar-refractivity contribution is 8.76. The lowest BCUT2D eigenvalue weighted by atomic mass is 9.83. The van der Waals surface area contributed by atoms with Crippen LogP contribution in [0.2, 0.25) is 0 Å². The number of guanidine groups is 4. The van der Waals surface area contributed by atoms with Gasteiger partial charge in [-0.1, -0.05) is 106 Å². The number of hydrogen-bond acceptors (Lipinski definition) is 21. The van der Waals surface area contributed by atoms with Crippen LogP contribution in [0.25, 0.3) is 0 Å². The largest absolute Gasteiger partial charge is 0.481 e. The maximum atomic E-state index is 15.5. The second-order valence-electron chi connectivity index (χ2n) is 27.5. The highest BCUT2D eigenvalue weighted by atomic mass is 33.1. The van der Waals surface area contributed by atoms with E-state index in [1.807, 2.05) is 0 Å². The molecule has 2 fully saturated rings. The fourth-order valence-corrected chi connectivity index (χ4v) is 14.6. The summed E-state index contributed by atoms with van der Waals surface area (Å²) < 4.78 is 0. The summed E-state index contributed by atoms with van der Waals surface area (Å²) >= 11 is 0. The number of primary amides is 1. The van der Waals surface area contributed by atoms with Gasteiger partial charge in [-0.2, -0.15) is 0 Å². The van der Waals surface area contributed by atoms with Gasteiger partial charge in [0.2, 0.25) is 76.8 Å². The Bertz CT molecular complexity index is 3500. The molecule has 111 heavy (non-hydrogen) atoms. The summed E-state index contributed by atoms with van der Waals surface area (Å²) in [6, 6.07) is -9.36. The molecule has 2 heterocycles. The molecule has 1 saturated carbocycles. The molecule has 0 bridgehead atoms. The van der Waals surface area contributed by atoms with E-state index in [0.717, 1.165) is 28.0 Å². The average Bonchev–Trinajstić information content (AvgIpc) is 0.782. The van der Waals surface area contributed by atoms with Crippen LogP contribution in [0.5, 0.6) is 0 Å². The number of nitrogens with two attached hydrogens (primary N) is 10. The number of aliphatic carboxylic acids is 1. The summed E-state index contributed by atoms with van der Waals surface area (Å²) in [5.74, 6) is -17.1. The van der Waals surface area contributed by atoms with Gasteiger partial charge in [0.15, 0.2) is 23.8 Å². The Hall–Kier alpha value is -10.5. The molecule has 32 N–H and O–H groups in total. The van der Waals surface area contributed by atoms with Crippen molar-refractivity contribution in [3.05, 3.63) is 35.4 Å². The smallest absolute Gasteiger partial charge is 0.305 e. The van der Waals surface area contributed by atoms with E-state index in [1.54, 1.807) is 52.0 Å². The molecule has 0 unspecified atom stereocenters. The molecule has 3 aliphatic rings. The highest BCUT2D eigenvalue weighted by Crippen LogP contribution is 2.30. The van der Waals surface area contributed by atoms with Gasteiger partial charge < -0.3 is 126 Å². The Kier molecular flexibility index (Phi) is 40.4. The van der Waals surface area contributed by atoms with E-state index < -0.39 is 186 Å². The van der Waals surface area contributed by atoms with Crippen LogP contribution in [0.15, 0.2) is 44.2 Å². The monoisotopic (exact) mass is 1600 g/mol. The van der Waals surface area contributed by atoms with Crippen molar-refractivity contribution in [1.29, 1.82) is 0 Å². The predicted molar refractivity (Wildman–Crippen MR) is 417 cm³/mol. The van der Waals surface area contributed by atoms with Gasteiger partial charge in [-0.05, 0) is 93.1 Å². The van der Waals surface area contributed by atoms with Gasteiger partial charge >= 0.3 is 5.97 Å². The lowest BCUT2D eigenvalue weighted by Gasteiger charge is -2.40. The average molecular weight is 1600 g/mol. The number of aliphatic imine (C=N–C) groups is 4. The Balaban J connectivity index is 1.89. The second-order valence-corrected chi connectivity index (χ2v) is 30.0. The van der Waals surface area contributed by atoms with Crippen LogP contribution in [0.1, 0.15) is 142 Å². The first kappa shape index (κ1) is 92.9. The van der Waals surface area contributed by atoms with Crippen LogP contribution in [0, 0.1) is 17.8 Å². The van der Waals surface area contributed by atoms with Crippen LogP contribution in [-0.2, 0) is 80.1 Å². The first-order chi connectivity index (χ1) is 52.6. The zero-order valence-corrected chi connectivity index (χ0v) is 64.9. The third-order valence-electron chi connectivity index (χ3n) is 18.9. The van der Waals surface area contributed by atoms with E-state index in [-0.39, 0.29) is 139 Å². The summed E-state index contributed by atoms with van der Waals surface area (Å²) in [6.45, 7) is 4.90. The fourth-order valence-electron chi connectivity index (χ4n) is 12.3. The molecule has 4 rings (SSSR count). The molecule has 41 nitrogen and oxygen atoms in total. The number of carbonyl (C=O) groups excluding carboxylic acids is 13. The number of amides is 13. The summed E-state index contributed by atoms with van der Waals surface area (Å²) in [5.41, 5.74) is 58.0. The first-order valence-corrected chi connectivity index (χ1v) is 39.5. The van der Waals surface area contributed by atoms with Crippen molar-refractivity contribution in [3.8, 4) is 0 Å². The SMILES string of the molecule is CC[C@H](C)[C@@H]1NC(=O)[C@@H](CCCN=C(N)N)NC(=O)CNC(=O)CNC(=O)[C@@H](C2CCCCC2)NC(=O)[C@H](NC(=O)[C@H](N)CCCN=C(N)N)CSSC[C@H](C(N)=O)NC(=O)[C@@H](CCCN=C(N)N)NC(=O)[C@H]2Cc3ccccc3CN2C(=O)[C@@H]([C@@H](C)CC)NC(=O)[C@H](CCCN=C(N)N)NC(=O)[C@@H](CC(=O)O)NC1=O. The molecule has 43 heteroatoms. The minimum Gasteiger partial charge on any atom is -0.481 e. The van der Waals surface area contributed by atoms with Crippen LogP contribution in [-0.4, -0.2) is 234 Å². The van der Waals surface area contributed by atoms with Crippen LogP contribution in [0.3, 0.4) is 0 Å². The normalized spacial score (nSPS) is 24.1. The molecule has 0 radical (unpaired) electrons. The molecule has 1 aromatic carbocycles. The quantitative estimate of drug-likeness (QED) is 0.0177. The molecule has 13 atom stereocenters. The third kappa shape index (κ3) is 32.9. The zero-order chi connectivity index (χ0) is 82.4. The number of benzene rings is 1. The van der Waals surface area contributed by atoms with Crippen molar-refractivity contribution in [2.24, 2.45) is 95.1 Å². The molecule has 0 spiro atoms. The number of carboxylic acids is 1. The van der Waals surface area contributed by atoms with E-state index in [2.05, 4.69) is 78.5 Å². The zero-order valence-electron chi connectivity index (χ0n) is 63.3. The minimum atomic E-state index is -1.95. The summed E-state index contributed by atoms with van der Waals surface area (Å²) in [5, 5.41) is 38.8. The standard InChI is InChI=1S/C68H114N26O15S2/c1-5-35(3)51-63(108)88-44(29-50(97)98)59(104)86-43(23-15-27-82-68(77)78)58(103)92-52(36(4)6-2)64(109)94-32-39-19-11-10-18-38(39)28-47(94)61(106)87-42(22-14-26-81-67(75)76)56(101)89-45(54(70)99)33-110-111-34-46(90-55(100)40(69)20-12-24-79-65(71)72)60(105)93-53(37-16-8-7-9-17-37)62(107)84-30-48(95)83-31-49(96)85-41(57(102)91-51)21-13-25-80-66(73)74/h10-11,18-19,35-37,40-47,51-53H,5-9,12-17,20-34,69H2,1-4H3,(H2,70,99)(H,83,95)(H,84,107)(H,85,96)(H,86,104)(H,87,106)(H,88,108)(H,89,101)(H,90,100)(H,91,102)(H,92,103)(H,93,105)(H,97,98)(H4,71,72,79)(H4,73,74,80)(H4,75,76,81)(H4,77,78,82)/t35-,36-,40+,41+,42+,43-,44+,45+,46+,47+,51-,52+,53+/m0/s1. The van der Waals surface area contributed by atoms with E-state index in [4.69, 9.17) is 57.3 Å². The molecule has 1 saturated heterocycles. The number of carbonyl (C=O) groups is 14. The summed E-state index contributed by atoms with van der Waals surface area (Å²) in [6.07, 6.45) is 2.25. The van der Waals surface area contributed by atoms with E-state index in [0.29, 0.717) is 36.8 Å². The highest BCUT2D eigenvalue weighted by Gasteiger charge is 2.43. The maximum absolute atomic E-state index is 15.5. The number of rotatable bonds is 26. The molecular formula is C68H114N26O15S2. The minimum absolute atomic E-state index is 0.00183. The first-order valence-electron chi connectivity index (χ1n) is 37.0. The van der Waals surface area contributed by atoms with Gasteiger partial charge in [0.05, 0.1) is 25.6 Å². The predicted octanol–water partition coefficient (Wildman–Crippen LogP) is -6.90. The molecule has 1 aliphatic carbocycles. The van der Waals surface area contributed by atoms with Crippen molar-refractivity contribution >= 4 is 128 Å². The van der Waals surface area contributed by atoms with Gasteiger partial charge in [-0.25, -0.2) is 0 Å². The van der Waals surface area contributed by atoms with Gasteiger partial charge in [0.25, 0.3) is 0 Å². The maximum Gasteiger partial charge on any atom is 0.305 e. The van der Waals surface area contributed by atoms with Gasteiger partial charge in [-0.3, -0.25) is 87.1 Å². The number of fused-ring (bicyclic) bond motifs is 2. The Labute approximate surface area is 652 Å².